The van der Waals surface area contributed by atoms with Gasteiger partial charge in [0, 0.05) is 23.7 Å². The molecule has 0 radical (unpaired) electrons. The standard InChI is InChI=1S/C22H22N2O3/c25-22(23-18-14-24-10-8-15(18)9-11-24)21-7-6-20(27-21)17-4-1-3-16(13-17)19-5-2-12-26-19/h1-7,12-13,15,18H,8-11,14H2,(H,23,25). The number of nitrogens with one attached hydrogen (secondary N) is 1. The number of carbonyl (C=O) groups is 1. The van der Waals surface area contributed by atoms with Crippen molar-refractivity contribution >= 4 is 5.91 Å². The van der Waals surface area contributed by atoms with Crippen LogP contribution in [-0.4, -0.2) is 36.5 Å². The average molecular weight is 362 g/mol. The molecular formula is C22H22N2O3. The maximum absolute atomic E-state index is 12.6. The molecule has 27 heavy (non-hydrogen) atoms. The van der Waals surface area contributed by atoms with Gasteiger partial charge >= 0.3 is 0 Å². The van der Waals surface area contributed by atoms with Crippen molar-refractivity contribution in [2.24, 2.45) is 5.92 Å². The van der Waals surface area contributed by atoms with Gasteiger partial charge in [0.05, 0.1) is 6.26 Å². The molecule has 0 saturated carbocycles. The second kappa shape index (κ2) is 6.74. The molecule has 2 aromatic heterocycles. The zero-order chi connectivity index (χ0) is 18.2. The van der Waals surface area contributed by atoms with Gasteiger partial charge in [-0.25, -0.2) is 0 Å². The molecule has 1 atom stereocenters. The molecule has 2 bridgehead atoms. The third kappa shape index (κ3) is 3.19. The Bertz CT molecular complexity index is 936. The molecule has 1 amide bonds. The molecule has 5 heterocycles. The number of amides is 1. The van der Waals surface area contributed by atoms with E-state index in [1.54, 1.807) is 12.3 Å². The van der Waals surface area contributed by atoms with Gasteiger partial charge in [-0.15, -0.1) is 0 Å². The first kappa shape index (κ1) is 16.4. The fraction of sp³-hybridized carbons (Fsp3) is 0.318. The van der Waals surface area contributed by atoms with Crippen LogP contribution in [0.1, 0.15) is 23.4 Å². The summed E-state index contributed by atoms with van der Waals surface area (Å²) in [5, 5.41) is 3.18. The molecule has 3 aliphatic rings. The second-order valence-electron chi connectivity index (χ2n) is 7.44. The quantitative estimate of drug-likeness (QED) is 0.761. The van der Waals surface area contributed by atoms with E-state index in [-0.39, 0.29) is 11.9 Å². The predicted octanol–water partition coefficient (Wildman–Crippen LogP) is 4.03. The van der Waals surface area contributed by atoms with Crippen LogP contribution in [0, 0.1) is 5.92 Å². The molecule has 138 valence electrons. The first-order chi connectivity index (χ1) is 13.3. The highest BCUT2D eigenvalue weighted by molar-refractivity contribution is 5.92. The maximum atomic E-state index is 12.6. The lowest BCUT2D eigenvalue weighted by molar-refractivity contribution is 0.0606. The smallest absolute Gasteiger partial charge is 0.287 e. The molecule has 5 nitrogen and oxygen atoms in total. The van der Waals surface area contributed by atoms with Crippen molar-refractivity contribution in [3.8, 4) is 22.6 Å². The molecule has 3 fully saturated rings. The monoisotopic (exact) mass is 362 g/mol. The van der Waals surface area contributed by atoms with Crippen LogP contribution in [0.4, 0.5) is 0 Å². The zero-order valence-corrected chi connectivity index (χ0v) is 15.1. The van der Waals surface area contributed by atoms with Crippen LogP contribution in [0.5, 0.6) is 0 Å². The number of hydrogen-bond donors (Lipinski definition) is 1. The lowest BCUT2D eigenvalue weighted by Crippen LogP contribution is -2.57. The van der Waals surface area contributed by atoms with Gasteiger partial charge in [-0.3, -0.25) is 4.79 Å². The molecule has 6 rings (SSSR count). The van der Waals surface area contributed by atoms with Crippen molar-refractivity contribution < 1.29 is 13.6 Å². The first-order valence-electron chi connectivity index (χ1n) is 9.54. The fourth-order valence-electron chi connectivity index (χ4n) is 4.25. The topological polar surface area (TPSA) is 58.6 Å². The molecule has 1 N–H and O–H groups in total. The number of nitrogens with zero attached hydrogens (tertiary/aromatic N) is 1. The van der Waals surface area contributed by atoms with E-state index in [1.807, 2.05) is 42.5 Å². The molecule has 3 aromatic rings. The first-order valence-corrected chi connectivity index (χ1v) is 9.54. The Balaban J connectivity index is 1.32. The Morgan fingerprint density at radius 1 is 1.00 bits per heavy atom. The minimum atomic E-state index is -0.123. The zero-order valence-electron chi connectivity index (χ0n) is 15.1. The van der Waals surface area contributed by atoms with Gasteiger partial charge in [0.2, 0.25) is 0 Å². The van der Waals surface area contributed by atoms with Gasteiger partial charge < -0.3 is 19.1 Å². The molecule has 1 unspecified atom stereocenters. The van der Waals surface area contributed by atoms with Crippen LogP contribution >= 0.6 is 0 Å². The lowest BCUT2D eigenvalue weighted by Gasteiger charge is -2.44. The number of hydrogen-bond acceptors (Lipinski definition) is 4. The molecule has 1 aromatic carbocycles. The Hall–Kier alpha value is -2.79. The maximum Gasteiger partial charge on any atom is 0.287 e. The third-order valence-electron chi connectivity index (χ3n) is 5.76. The highest BCUT2D eigenvalue weighted by Gasteiger charge is 2.35. The van der Waals surface area contributed by atoms with E-state index in [9.17, 15) is 4.79 Å². The van der Waals surface area contributed by atoms with E-state index < -0.39 is 0 Å². The summed E-state index contributed by atoms with van der Waals surface area (Å²) < 4.78 is 11.3. The predicted molar refractivity (Wildman–Crippen MR) is 102 cm³/mol. The van der Waals surface area contributed by atoms with Crippen molar-refractivity contribution in [3.05, 3.63) is 60.6 Å². The van der Waals surface area contributed by atoms with Gasteiger partial charge in [-0.1, -0.05) is 18.2 Å². The SMILES string of the molecule is O=C(NC1CN2CCC1CC2)c1ccc(-c2cccc(-c3ccco3)c2)o1. The molecular weight excluding hydrogens is 340 g/mol. The Kier molecular flexibility index (Phi) is 4.09. The summed E-state index contributed by atoms with van der Waals surface area (Å²) in [7, 11) is 0. The summed E-state index contributed by atoms with van der Waals surface area (Å²) in [4.78, 5) is 15.1. The van der Waals surface area contributed by atoms with Crippen LogP contribution in [0.15, 0.2) is 63.6 Å². The van der Waals surface area contributed by atoms with Gasteiger partial charge in [-0.2, -0.15) is 0 Å². The summed E-state index contributed by atoms with van der Waals surface area (Å²) in [5.41, 5.74) is 1.90. The van der Waals surface area contributed by atoms with Crippen LogP contribution < -0.4 is 5.32 Å². The van der Waals surface area contributed by atoms with E-state index in [4.69, 9.17) is 8.83 Å². The van der Waals surface area contributed by atoms with E-state index in [0.29, 0.717) is 17.4 Å². The van der Waals surface area contributed by atoms with Gasteiger partial charge in [-0.05, 0) is 62.2 Å². The molecule has 3 aliphatic heterocycles. The minimum absolute atomic E-state index is 0.123. The number of rotatable bonds is 4. The summed E-state index contributed by atoms with van der Waals surface area (Å²) >= 11 is 0. The van der Waals surface area contributed by atoms with E-state index in [1.165, 1.54) is 12.8 Å². The van der Waals surface area contributed by atoms with Gasteiger partial charge in [0.15, 0.2) is 5.76 Å². The van der Waals surface area contributed by atoms with Crippen molar-refractivity contribution in [2.75, 3.05) is 19.6 Å². The highest BCUT2D eigenvalue weighted by atomic mass is 16.4. The minimum Gasteiger partial charge on any atom is -0.464 e. The van der Waals surface area contributed by atoms with Gasteiger partial charge in [0.1, 0.15) is 11.5 Å². The van der Waals surface area contributed by atoms with Crippen molar-refractivity contribution in [3.63, 3.8) is 0 Å². The van der Waals surface area contributed by atoms with Crippen molar-refractivity contribution in [1.82, 2.24) is 10.2 Å². The Morgan fingerprint density at radius 3 is 2.52 bits per heavy atom. The number of furan rings is 2. The molecule has 0 aliphatic carbocycles. The van der Waals surface area contributed by atoms with E-state index in [0.717, 1.165) is 36.5 Å². The van der Waals surface area contributed by atoms with Crippen molar-refractivity contribution in [2.45, 2.75) is 18.9 Å². The Labute approximate surface area is 158 Å². The van der Waals surface area contributed by atoms with E-state index in [2.05, 4.69) is 10.2 Å². The summed E-state index contributed by atoms with van der Waals surface area (Å²) in [5.74, 6) is 2.33. The normalized spacial score (nSPS) is 24.1. The molecule has 0 spiro atoms. The number of piperidine rings is 3. The number of carbonyl (C=O) groups excluding carboxylic acids is 1. The largest absolute Gasteiger partial charge is 0.464 e. The van der Waals surface area contributed by atoms with Crippen LogP contribution in [0.2, 0.25) is 0 Å². The third-order valence-corrected chi connectivity index (χ3v) is 5.76. The van der Waals surface area contributed by atoms with Crippen LogP contribution in [-0.2, 0) is 0 Å². The average Bonchev–Trinajstić information content (AvgIpc) is 3.41. The number of benzene rings is 1. The summed E-state index contributed by atoms with van der Waals surface area (Å²) in [6.45, 7) is 3.27. The van der Waals surface area contributed by atoms with E-state index >= 15 is 0 Å². The van der Waals surface area contributed by atoms with Crippen molar-refractivity contribution in [1.29, 1.82) is 0 Å². The van der Waals surface area contributed by atoms with Gasteiger partial charge in [0.25, 0.3) is 5.91 Å². The van der Waals surface area contributed by atoms with Crippen LogP contribution in [0.3, 0.4) is 0 Å². The van der Waals surface area contributed by atoms with Crippen LogP contribution in [0.25, 0.3) is 22.6 Å². The summed E-state index contributed by atoms with van der Waals surface area (Å²) in [6.07, 6.45) is 4.01. The highest BCUT2D eigenvalue weighted by Crippen LogP contribution is 2.29. The lowest BCUT2D eigenvalue weighted by atomic mass is 9.84. The molecule has 5 heteroatoms. The second-order valence-corrected chi connectivity index (χ2v) is 7.44. The summed E-state index contributed by atoms with van der Waals surface area (Å²) in [6, 6.07) is 15.6. The Morgan fingerprint density at radius 2 is 1.81 bits per heavy atom. The fourth-order valence-corrected chi connectivity index (χ4v) is 4.25. The number of fused-ring (bicyclic) bond motifs is 3. The molecule has 3 saturated heterocycles.